The fourth-order valence-corrected chi connectivity index (χ4v) is 6.68. The van der Waals surface area contributed by atoms with E-state index >= 15 is 0 Å². The lowest BCUT2D eigenvalue weighted by atomic mass is 9.95. The minimum absolute atomic E-state index is 0.102. The minimum Gasteiger partial charge on any atom is -0.323 e. The molecule has 1 amide bonds. The summed E-state index contributed by atoms with van der Waals surface area (Å²) < 4.78 is 28.0. The van der Waals surface area contributed by atoms with E-state index in [-0.39, 0.29) is 21.9 Å². The number of hydrogen-bond acceptors (Lipinski definition) is 4. The van der Waals surface area contributed by atoms with Gasteiger partial charge in [-0.3, -0.25) is 10.1 Å². The van der Waals surface area contributed by atoms with Gasteiger partial charge in [0.25, 0.3) is 0 Å². The van der Waals surface area contributed by atoms with Gasteiger partial charge in [-0.2, -0.15) is 4.31 Å². The van der Waals surface area contributed by atoms with E-state index in [4.69, 9.17) is 23.2 Å². The monoisotopic (exact) mass is 523 g/mol. The van der Waals surface area contributed by atoms with Crippen LogP contribution in [0.5, 0.6) is 0 Å². The van der Waals surface area contributed by atoms with Crippen molar-refractivity contribution in [1.82, 2.24) is 14.5 Å². The largest absolute Gasteiger partial charge is 0.323 e. The molecule has 0 saturated carbocycles. The number of benzene rings is 2. The zero-order valence-corrected chi connectivity index (χ0v) is 21.8. The Morgan fingerprint density at radius 2 is 1.76 bits per heavy atom. The molecule has 2 aliphatic rings. The van der Waals surface area contributed by atoms with Gasteiger partial charge in [-0.1, -0.05) is 73.8 Å². The molecular formula is C25H31Cl2N3O3S. The van der Waals surface area contributed by atoms with Crippen LogP contribution in [0.1, 0.15) is 38.7 Å². The van der Waals surface area contributed by atoms with Crippen LogP contribution in [0.4, 0.5) is 0 Å². The number of carbonyl (C=O) groups is 1. The molecular weight excluding hydrogens is 493 g/mol. The molecule has 2 heterocycles. The van der Waals surface area contributed by atoms with Crippen molar-refractivity contribution in [2.75, 3.05) is 19.6 Å². The lowest BCUT2D eigenvalue weighted by Gasteiger charge is -2.45. The molecule has 0 aromatic heterocycles. The molecule has 2 aliphatic heterocycles. The second-order valence-corrected chi connectivity index (χ2v) is 12.1. The average Bonchev–Trinajstić information content (AvgIpc) is 3.06. The number of halogens is 2. The summed E-state index contributed by atoms with van der Waals surface area (Å²) in [4.78, 5) is 15.6. The maximum atomic E-state index is 13.5. The Balaban J connectivity index is 1.54. The maximum Gasteiger partial charge on any atom is 0.243 e. The van der Waals surface area contributed by atoms with Crippen LogP contribution in [-0.2, 0) is 21.2 Å². The number of nitrogens with zero attached hydrogens (tertiary/aromatic N) is 2. The summed E-state index contributed by atoms with van der Waals surface area (Å²) in [6.45, 7) is 5.57. The first kappa shape index (κ1) is 25.5. The fraction of sp³-hybridized carbons (Fsp3) is 0.480. The van der Waals surface area contributed by atoms with Crippen molar-refractivity contribution in [3.05, 3.63) is 64.1 Å². The first-order chi connectivity index (χ1) is 16.2. The van der Waals surface area contributed by atoms with E-state index in [0.717, 1.165) is 12.0 Å². The molecule has 1 N–H and O–H groups in total. The quantitative estimate of drug-likeness (QED) is 0.577. The van der Waals surface area contributed by atoms with Gasteiger partial charge < -0.3 is 4.90 Å². The van der Waals surface area contributed by atoms with Crippen molar-refractivity contribution in [3.63, 3.8) is 0 Å². The molecule has 4 rings (SSSR count). The SMILES string of the molecule is CC[C@H](C)CN1C(=O)[C@@H](Cc2ccccc2)NC12CCN(S(=O)(=O)c1ccc(Cl)c(Cl)c1)CC2. The van der Waals surface area contributed by atoms with Crippen LogP contribution in [0, 0.1) is 5.92 Å². The van der Waals surface area contributed by atoms with Crippen LogP contribution in [0.2, 0.25) is 10.0 Å². The third-order valence-corrected chi connectivity index (χ3v) is 9.71. The van der Waals surface area contributed by atoms with Crippen molar-refractivity contribution in [2.24, 2.45) is 5.92 Å². The lowest BCUT2D eigenvalue weighted by molar-refractivity contribution is -0.134. The minimum atomic E-state index is -3.71. The third kappa shape index (κ3) is 5.00. The van der Waals surface area contributed by atoms with E-state index in [0.29, 0.717) is 49.8 Å². The van der Waals surface area contributed by atoms with Crippen molar-refractivity contribution >= 4 is 39.1 Å². The molecule has 9 heteroatoms. The zero-order valence-electron chi connectivity index (χ0n) is 19.5. The van der Waals surface area contributed by atoms with Gasteiger partial charge in [0, 0.05) is 19.6 Å². The Morgan fingerprint density at radius 1 is 1.09 bits per heavy atom. The van der Waals surface area contributed by atoms with E-state index in [1.807, 2.05) is 35.2 Å². The van der Waals surface area contributed by atoms with Crippen LogP contribution in [0.15, 0.2) is 53.4 Å². The summed E-state index contributed by atoms with van der Waals surface area (Å²) in [6.07, 6.45) is 2.65. The van der Waals surface area contributed by atoms with E-state index in [1.54, 1.807) is 0 Å². The van der Waals surface area contributed by atoms with Crippen LogP contribution in [-0.4, -0.2) is 54.9 Å². The molecule has 184 valence electrons. The maximum absolute atomic E-state index is 13.5. The molecule has 34 heavy (non-hydrogen) atoms. The van der Waals surface area contributed by atoms with Crippen LogP contribution in [0.3, 0.4) is 0 Å². The molecule has 0 aliphatic carbocycles. The van der Waals surface area contributed by atoms with Gasteiger partial charge in [-0.05, 0) is 48.9 Å². The highest BCUT2D eigenvalue weighted by Gasteiger charge is 2.52. The summed E-state index contributed by atoms with van der Waals surface area (Å²) in [5.41, 5.74) is 0.567. The smallest absolute Gasteiger partial charge is 0.243 e. The Bertz CT molecular complexity index is 1140. The van der Waals surface area contributed by atoms with Crippen LogP contribution >= 0.6 is 23.2 Å². The Kier molecular flexibility index (Phi) is 7.60. The number of sulfonamides is 1. The van der Waals surface area contributed by atoms with Crippen molar-refractivity contribution in [2.45, 2.75) is 56.1 Å². The van der Waals surface area contributed by atoms with Crippen LogP contribution in [0.25, 0.3) is 0 Å². The summed E-state index contributed by atoms with van der Waals surface area (Å²) in [5.74, 6) is 0.459. The number of amides is 1. The molecule has 2 atom stereocenters. The standard InChI is InChI=1S/C25H31Cl2N3O3S/c1-3-18(2)17-30-24(31)23(15-19-7-5-4-6-8-19)28-25(30)11-13-29(14-12-25)34(32,33)20-9-10-21(26)22(27)16-20/h4-10,16,18,23,28H,3,11-15,17H2,1-2H3/t18-,23+/m0/s1. The highest BCUT2D eigenvalue weighted by atomic mass is 35.5. The van der Waals surface area contributed by atoms with Gasteiger partial charge >= 0.3 is 0 Å². The Morgan fingerprint density at radius 3 is 2.38 bits per heavy atom. The summed E-state index contributed by atoms with van der Waals surface area (Å²) in [7, 11) is -3.71. The summed E-state index contributed by atoms with van der Waals surface area (Å²) in [5, 5.41) is 4.16. The van der Waals surface area contributed by atoms with E-state index in [2.05, 4.69) is 19.2 Å². The van der Waals surface area contributed by atoms with Gasteiger partial charge in [0.1, 0.15) is 0 Å². The van der Waals surface area contributed by atoms with Crippen LogP contribution < -0.4 is 5.32 Å². The number of nitrogens with one attached hydrogen (secondary N) is 1. The second kappa shape index (κ2) is 10.2. The molecule has 2 aromatic rings. The second-order valence-electron chi connectivity index (χ2n) is 9.36. The normalized spacial score (nSPS) is 21.8. The van der Waals surface area contributed by atoms with Gasteiger partial charge in [0.05, 0.1) is 26.6 Å². The van der Waals surface area contributed by atoms with E-state index in [1.165, 1.54) is 22.5 Å². The highest BCUT2D eigenvalue weighted by molar-refractivity contribution is 7.89. The van der Waals surface area contributed by atoms with Gasteiger partial charge in [0.15, 0.2) is 0 Å². The predicted molar refractivity (Wildman–Crippen MR) is 135 cm³/mol. The molecule has 0 bridgehead atoms. The molecule has 2 fully saturated rings. The number of rotatable bonds is 7. The van der Waals surface area contributed by atoms with Gasteiger partial charge in [-0.15, -0.1) is 0 Å². The van der Waals surface area contributed by atoms with Gasteiger partial charge in [-0.25, -0.2) is 8.42 Å². The average molecular weight is 525 g/mol. The third-order valence-electron chi connectivity index (χ3n) is 7.08. The first-order valence-electron chi connectivity index (χ1n) is 11.7. The van der Waals surface area contributed by atoms with Crippen molar-refractivity contribution in [1.29, 1.82) is 0 Å². The molecule has 0 unspecified atom stereocenters. The molecule has 6 nitrogen and oxygen atoms in total. The number of carbonyl (C=O) groups excluding carboxylic acids is 1. The van der Waals surface area contributed by atoms with Crippen molar-refractivity contribution in [3.8, 4) is 0 Å². The van der Waals surface area contributed by atoms with Crippen molar-refractivity contribution < 1.29 is 13.2 Å². The number of piperidine rings is 1. The predicted octanol–water partition coefficient (Wildman–Crippen LogP) is 4.56. The molecule has 1 spiro atoms. The Hall–Kier alpha value is -1.64. The van der Waals surface area contributed by atoms with E-state index in [9.17, 15) is 13.2 Å². The zero-order chi connectivity index (χ0) is 24.5. The van der Waals surface area contributed by atoms with E-state index < -0.39 is 15.7 Å². The summed E-state index contributed by atoms with van der Waals surface area (Å²) >= 11 is 12.0. The molecule has 2 saturated heterocycles. The van der Waals surface area contributed by atoms with Gasteiger partial charge in [0.2, 0.25) is 15.9 Å². The number of hydrogen-bond donors (Lipinski definition) is 1. The Labute approximate surface area is 212 Å². The highest BCUT2D eigenvalue weighted by Crippen LogP contribution is 2.36. The lowest BCUT2D eigenvalue weighted by Crippen LogP contribution is -2.60. The fourth-order valence-electron chi connectivity index (χ4n) is 4.85. The topological polar surface area (TPSA) is 69.7 Å². The molecule has 2 aromatic carbocycles. The first-order valence-corrected chi connectivity index (χ1v) is 13.9. The summed E-state index contributed by atoms with van der Waals surface area (Å²) in [6, 6.07) is 14.1. The molecule has 0 radical (unpaired) electrons.